The molecule has 0 amide bonds. The van der Waals surface area contributed by atoms with Crippen molar-refractivity contribution in [1.82, 2.24) is 15.3 Å². The Hall–Kier alpha value is -2.01. The molecule has 1 aromatic carbocycles. The zero-order chi connectivity index (χ0) is 12.4. The maximum Gasteiger partial charge on any atom is 0.127 e. The predicted octanol–water partition coefficient (Wildman–Crippen LogP) is 1.38. The van der Waals surface area contributed by atoms with Gasteiger partial charge in [-0.2, -0.15) is 0 Å². The molecule has 0 fully saturated rings. The number of aromatic hydroxyl groups is 1. The highest BCUT2D eigenvalue weighted by molar-refractivity contribution is 5.44. The van der Waals surface area contributed by atoms with Crippen LogP contribution in [-0.2, 0) is 6.42 Å². The molecule has 3 N–H and O–H groups in total. The van der Waals surface area contributed by atoms with Crippen molar-refractivity contribution in [2.75, 3.05) is 13.2 Å². The molecule has 0 saturated heterocycles. The highest BCUT2D eigenvalue weighted by atomic mass is 16.5. The summed E-state index contributed by atoms with van der Waals surface area (Å²) in [4.78, 5) is 7.25. The number of phenolic OH excluding ortho intramolecular Hbond substituents is 1. The molecule has 18 heavy (non-hydrogen) atoms. The van der Waals surface area contributed by atoms with Crippen LogP contribution in [0.1, 0.15) is 17.4 Å². The largest absolute Gasteiger partial charge is 0.508 e. The van der Waals surface area contributed by atoms with Crippen LogP contribution in [0.4, 0.5) is 0 Å². The average Bonchev–Trinajstić information content (AvgIpc) is 2.99. The summed E-state index contributed by atoms with van der Waals surface area (Å²) in [6, 6.07) is 5.44. The van der Waals surface area contributed by atoms with E-state index in [9.17, 15) is 5.11 Å². The topological polar surface area (TPSA) is 70.2 Å². The molecule has 0 saturated carbocycles. The lowest BCUT2D eigenvalue weighted by molar-refractivity contribution is 0.311. The number of nitrogens with one attached hydrogen (secondary N) is 2. The molecular formula is C13H15N3O2. The number of benzene rings is 1. The van der Waals surface area contributed by atoms with E-state index < -0.39 is 0 Å². The molecule has 5 heteroatoms. The second-order valence-corrected chi connectivity index (χ2v) is 4.33. The van der Waals surface area contributed by atoms with E-state index in [2.05, 4.69) is 15.3 Å². The van der Waals surface area contributed by atoms with E-state index in [0.29, 0.717) is 6.61 Å². The molecule has 1 aliphatic rings. The molecule has 2 heterocycles. The fourth-order valence-corrected chi connectivity index (χ4v) is 2.17. The maximum absolute atomic E-state index is 9.37. The summed E-state index contributed by atoms with van der Waals surface area (Å²) >= 11 is 0. The van der Waals surface area contributed by atoms with Gasteiger partial charge in [-0.3, -0.25) is 0 Å². The Morgan fingerprint density at radius 3 is 3.28 bits per heavy atom. The number of aromatic amines is 1. The Kier molecular flexibility index (Phi) is 2.90. The lowest BCUT2D eigenvalue weighted by atomic mass is 10.1. The van der Waals surface area contributed by atoms with Crippen molar-refractivity contribution in [2.45, 2.75) is 12.5 Å². The van der Waals surface area contributed by atoms with Gasteiger partial charge in [0.25, 0.3) is 0 Å². The third kappa shape index (κ3) is 2.17. The van der Waals surface area contributed by atoms with E-state index >= 15 is 0 Å². The van der Waals surface area contributed by atoms with Crippen molar-refractivity contribution in [3.63, 3.8) is 0 Å². The SMILES string of the molecule is Oc1ccc2c(c1)OCC2NCCc1ncc[nH]1. The number of fused-ring (bicyclic) bond motifs is 1. The number of rotatable bonds is 4. The lowest BCUT2D eigenvalue weighted by Crippen LogP contribution is -2.25. The van der Waals surface area contributed by atoms with Gasteiger partial charge in [0.05, 0.1) is 6.04 Å². The Balaban J connectivity index is 1.59. The molecule has 0 bridgehead atoms. The zero-order valence-electron chi connectivity index (χ0n) is 9.89. The minimum atomic E-state index is 0.190. The number of ether oxygens (including phenoxy) is 1. The van der Waals surface area contributed by atoms with Gasteiger partial charge in [-0.05, 0) is 12.1 Å². The summed E-state index contributed by atoms with van der Waals surface area (Å²) in [5.74, 6) is 1.99. The molecule has 1 atom stereocenters. The molecule has 0 spiro atoms. The fourth-order valence-electron chi connectivity index (χ4n) is 2.17. The molecule has 1 unspecified atom stereocenters. The molecule has 2 aromatic rings. The van der Waals surface area contributed by atoms with Crippen molar-refractivity contribution in [2.24, 2.45) is 0 Å². The first-order chi connectivity index (χ1) is 8.83. The zero-order valence-corrected chi connectivity index (χ0v) is 9.89. The summed E-state index contributed by atoms with van der Waals surface area (Å²) in [5, 5.41) is 12.8. The van der Waals surface area contributed by atoms with E-state index in [1.807, 2.05) is 12.3 Å². The number of aromatic nitrogens is 2. The number of hydrogen-bond donors (Lipinski definition) is 3. The van der Waals surface area contributed by atoms with Crippen LogP contribution in [0.2, 0.25) is 0 Å². The average molecular weight is 245 g/mol. The van der Waals surface area contributed by atoms with Gasteiger partial charge < -0.3 is 20.1 Å². The van der Waals surface area contributed by atoms with Crippen LogP contribution in [0.25, 0.3) is 0 Å². The second kappa shape index (κ2) is 4.70. The van der Waals surface area contributed by atoms with Gasteiger partial charge in [0.1, 0.15) is 23.9 Å². The van der Waals surface area contributed by atoms with E-state index in [4.69, 9.17) is 4.74 Å². The Labute approximate surface area is 105 Å². The highest BCUT2D eigenvalue weighted by Gasteiger charge is 2.23. The molecule has 5 nitrogen and oxygen atoms in total. The first-order valence-corrected chi connectivity index (χ1v) is 6.00. The fraction of sp³-hybridized carbons (Fsp3) is 0.308. The minimum absolute atomic E-state index is 0.190. The van der Waals surface area contributed by atoms with Gasteiger partial charge in [0.15, 0.2) is 0 Å². The predicted molar refractivity (Wildman–Crippen MR) is 66.6 cm³/mol. The number of imidazole rings is 1. The normalized spacial score (nSPS) is 17.4. The lowest BCUT2D eigenvalue weighted by Gasteiger charge is -2.10. The van der Waals surface area contributed by atoms with Crippen LogP contribution in [0.5, 0.6) is 11.5 Å². The van der Waals surface area contributed by atoms with Crippen LogP contribution < -0.4 is 10.1 Å². The third-order valence-corrected chi connectivity index (χ3v) is 3.09. The highest BCUT2D eigenvalue weighted by Crippen LogP contribution is 2.34. The molecule has 1 aromatic heterocycles. The van der Waals surface area contributed by atoms with Crippen LogP contribution in [0.3, 0.4) is 0 Å². The molecule has 0 aliphatic carbocycles. The Morgan fingerprint density at radius 1 is 1.50 bits per heavy atom. The van der Waals surface area contributed by atoms with Gasteiger partial charge in [-0.1, -0.05) is 0 Å². The van der Waals surface area contributed by atoms with Crippen molar-refractivity contribution >= 4 is 0 Å². The number of phenols is 1. The monoisotopic (exact) mass is 245 g/mol. The molecule has 3 rings (SSSR count). The summed E-state index contributed by atoms with van der Waals surface area (Å²) in [5.41, 5.74) is 1.10. The molecule has 1 aliphatic heterocycles. The number of hydrogen-bond acceptors (Lipinski definition) is 4. The van der Waals surface area contributed by atoms with Crippen molar-refractivity contribution in [1.29, 1.82) is 0 Å². The summed E-state index contributed by atoms with van der Waals surface area (Å²) in [6.45, 7) is 1.44. The van der Waals surface area contributed by atoms with E-state index in [1.165, 1.54) is 0 Å². The minimum Gasteiger partial charge on any atom is -0.508 e. The van der Waals surface area contributed by atoms with Crippen molar-refractivity contribution in [3.05, 3.63) is 42.0 Å². The number of H-pyrrole nitrogens is 1. The Bertz CT molecular complexity index is 525. The quantitative estimate of drug-likeness (QED) is 0.761. The third-order valence-electron chi connectivity index (χ3n) is 3.09. The standard InChI is InChI=1S/C13H15N3O2/c17-9-1-2-10-11(8-18-12(10)7-9)14-4-3-13-15-5-6-16-13/h1-2,5-7,11,14,17H,3-4,8H2,(H,15,16). The first kappa shape index (κ1) is 11.1. The smallest absolute Gasteiger partial charge is 0.127 e. The van der Waals surface area contributed by atoms with Crippen LogP contribution in [-0.4, -0.2) is 28.2 Å². The van der Waals surface area contributed by atoms with E-state index in [-0.39, 0.29) is 11.8 Å². The molecule has 94 valence electrons. The van der Waals surface area contributed by atoms with Crippen molar-refractivity contribution < 1.29 is 9.84 Å². The van der Waals surface area contributed by atoms with E-state index in [1.54, 1.807) is 18.3 Å². The maximum atomic E-state index is 9.37. The summed E-state index contributed by atoms with van der Waals surface area (Å²) in [6.07, 6.45) is 4.44. The van der Waals surface area contributed by atoms with Gasteiger partial charge in [-0.15, -0.1) is 0 Å². The van der Waals surface area contributed by atoms with E-state index in [0.717, 1.165) is 30.1 Å². The van der Waals surface area contributed by atoms with Crippen LogP contribution >= 0.6 is 0 Å². The molecular weight excluding hydrogens is 230 g/mol. The summed E-state index contributed by atoms with van der Waals surface area (Å²) in [7, 11) is 0. The number of nitrogens with zero attached hydrogens (tertiary/aromatic N) is 1. The van der Waals surface area contributed by atoms with Gasteiger partial charge in [0, 0.05) is 37.0 Å². The van der Waals surface area contributed by atoms with Crippen LogP contribution in [0.15, 0.2) is 30.6 Å². The molecule has 0 radical (unpaired) electrons. The van der Waals surface area contributed by atoms with Gasteiger partial charge >= 0.3 is 0 Å². The van der Waals surface area contributed by atoms with Gasteiger partial charge in [-0.25, -0.2) is 4.98 Å². The van der Waals surface area contributed by atoms with Crippen molar-refractivity contribution in [3.8, 4) is 11.5 Å². The summed E-state index contributed by atoms with van der Waals surface area (Å²) < 4.78 is 5.53. The van der Waals surface area contributed by atoms with Gasteiger partial charge in [0.2, 0.25) is 0 Å². The second-order valence-electron chi connectivity index (χ2n) is 4.33. The van der Waals surface area contributed by atoms with Crippen LogP contribution in [0, 0.1) is 0 Å². The Morgan fingerprint density at radius 2 is 2.44 bits per heavy atom. The first-order valence-electron chi connectivity index (χ1n) is 6.00.